The van der Waals surface area contributed by atoms with Crippen molar-refractivity contribution in [1.82, 2.24) is 4.98 Å². The second kappa shape index (κ2) is 6.61. The van der Waals surface area contributed by atoms with Gasteiger partial charge in [-0.2, -0.15) is 0 Å². The zero-order valence-electron chi connectivity index (χ0n) is 11.0. The van der Waals surface area contributed by atoms with E-state index in [-0.39, 0.29) is 24.2 Å². The molecule has 0 aromatic carbocycles. The second-order valence-electron chi connectivity index (χ2n) is 3.60. The molecule has 0 bridgehead atoms. The van der Waals surface area contributed by atoms with Crippen molar-refractivity contribution < 1.29 is 19.1 Å². The number of rotatable bonds is 6. The van der Waals surface area contributed by atoms with Crippen molar-refractivity contribution in [2.24, 2.45) is 0 Å². The standard InChI is InChI=1S/C12H17NO4S/c1-5-16-8(4)11-13-9(12(15)17-6-2)10(18-11)7(3)14/h8H,5-6H2,1-4H3. The van der Waals surface area contributed by atoms with Crippen LogP contribution in [0.25, 0.3) is 0 Å². The molecule has 0 aliphatic carbocycles. The molecule has 0 amide bonds. The molecule has 1 atom stereocenters. The number of ketones is 1. The number of nitrogens with zero attached hydrogens (tertiary/aromatic N) is 1. The third-order valence-corrected chi connectivity index (χ3v) is 3.51. The number of carbonyl (C=O) groups excluding carboxylic acids is 2. The summed E-state index contributed by atoms with van der Waals surface area (Å²) < 4.78 is 10.3. The van der Waals surface area contributed by atoms with E-state index in [1.807, 2.05) is 13.8 Å². The highest BCUT2D eigenvalue weighted by Gasteiger charge is 2.24. The van der Waals surface area contributed by atoms with Crippen LogP contribution in [0.1, 0.15) is 59.0 Å². The molecule has 6 heteroatoms. The van der Waals surface area contributed by atoms with Gasteiger partial charge in [0, 0.05) is 13.5 Å². The fraction of sp³-hybridized carbons (Fsp3) is 0.583. The normalized spacial score (nSPS) is 12.2. The summed E-state index contributed by atoms with van der Waals surface area (Å²) in [5.74, 6) is -0.751. The van der Waals surface area contributed by atoms with Crippen LogP contribution in [0.4, 0.5) is 0 Å². The van der Waals surface area contributed by atoms with Gasteiger partial charge in [0.2, 0.25) is 0 Å². The number of carbonyl (C=O) groups is 2. The van der Waals surface area contributed by atoms with Gasteiger partial charge in [-0.15, -0.1) is 11.3 Å². The molecule has 18 heavy (non-hydrogen) atoms. The number of thiazole rings is 1. The van der Waals surface area contributed by atoms with Gasteiger partial charge in [-0.3, -0.25) is 4.79 Å². The molecular weight excluding hydrogens is 254 g/mol. The Kier molecular flexibility index (Phi) is 5.43. The van der Waals surface area contributed by atoms with Crippen LogP contribution < -0.4 is 0 Å². The van der Waals surface area contributed by atoms with Crippen LogP contribution in [0.2, 0.25) is 0 Å². The van der Waals surface area contributed by atoms with Crippen molar-refractivity contribution >= 4 is 23.1 Å². The van der Waals surface area contributed by atoms with Crippen LogP contribution in [0.15, 0.2) is 0 Å². The van der Waals surface area contributed by atoms with Crippen molar-refractivity contribution in [3.63, 3.8) is 0 Å². The quantitative estimate of drug-likeness (QED) is 0.587. The van der Waals surface area contributed by atoms with E-state index in [9.17, 15) is 9.59 Å². The van der Waals surface area contributed by atoms with Gasteiger partial charge in [-0.25, -0.2) is 9.78 Å². The summed E-state index contributed by atoms with van der Waals surface area (Å²) in [6.45, 7) is 7.63. The van der Waals surface area contributed by atoms with E-state index >= 15 is 0 Å². The fourth-order valence-electron chi connectivity index (χ4n) is 1.41. The third kappa shape index (κ3) is 3.36. The maximum Gasteiger partial charge on any atom is 0.358 e. The Morgan fingerprint density at radius 3 is 2.50 bits per heavy atom. The number of ether oxygens (including phenoxy) is 2. The van der Waals surface area contributed by atoms with Gasteiger partial charge < -0.3 is 9.47 Å². The maximum atomic E-state index is 11.7. The minimum absolute atomic E-state index is 0.0934. The SMILES string of the molecule is CCOC(=O)c1nc(C(C)OCC)sc1C(C)=O. The lowest BCUT2D eigenvalue weighted by molar-refractivity contribution is 0.0514. The Bertz CT molecular complexity index is 441. The van der Waals surface area contributed by atoms with Crippen molar-refractivity contribution in [3.8, 4) is 0 Å². The summed E-state index contributed by atoms with van der Waals surface area (Å²) in [5.41, 5.74) is 0.0934. The van der Waals surface area contributed by atoms with E-state index in [2.05, 4.69) is 4.98 Å². The monoisotopic (exact) mass is 271 g/mol. The summed E-state index contributed by atoms with van der Waals surface area (Å²) in [6.07, 6.45) is -0.235. The Labute approximate surface area is 110 Å². The fourth-order valence-corrected chi connectivity index (χ4v) is 2.36. The highest BCUT2D eigenvalue weighted by molar-refractivity contribution is 7.14. The largest absolute Gasteiger partial charge is 0.461 e. The van der Waals surface area contributed by atoms with Crippen molar-refractivity contribution in [1.29, 1.82) is 0 Å². The van der Waals surface area contributed by atoms with Crippen LogP contribution in [0.5, 0.6) is 0 Å². The average Bonchev–Trinajstić information content (AvgIpc) is 2.74. The Morgan fingerprint density at radius 2 is 2.00 bits per heavy atom. The summed E-state index contributed by atoms with van der Waals surface area (Å²) in [4.78, 5) is 27.7. The first-order valence-corrected chi connectivity index (χ1v) is 6.63. The molecule has 0 saturated heterocycles. The molecule has 1 rings (SSSR count). The second-order valence-corrected chi connectivity index (χ2v) is 4.63. The molecule has 0 N–H and O–H groups in total. The lowest BCUT2D eigenvalue weighted by atomic mass is 10.3. The molecule has 1 aromatic heterocycles. The van der Waals surface area contributed by atoms with Gasteiger partial charge in [0.1, 0.15) is 16.0 Å². The number of aromatic nitrogens is 1. The van der Waals surface area contributed by atoms with Crippen LogP contribution in [-0.2, 0) is 9.47 Å². The predicted octanol–water partition coefficient (Wildman–Crippen LogP) is 2.62. The molecule has 0 aliphatic rings. The minimum Gasteiger partial charge on any atom is -0.461 e. The van der Waals surface area contributed by atoms with E-state index in [1.54, 1.807) is 6.92 Å². The van der Waals surface area contributed by atoms with Gasteiger partial charge in [-0.1, -0.05) is 0 Å². The summed E-state index contributed by atoms with van der Waals surface area (Å²) in [7, 11) is 0. The number of hydrogen-bond donors (Lipinski definition) is 0. The van der Waals surface area contributed by atoms with Crippen molar-refractivity contribution in [3.05, 3.63) is 15.6 Å². The molecule has 100 valence electrons. The van der Waals surface area contributed by atoms with E-state index in [0.717, 1.165) is 0 Å². The first-order valence-electron chi connectivity index (χ1n) is 5.81. The maximum absolute atomic E-state index is 11.7. The van der Waals surface area contributed by atoms with Crippen LogP contribution in [0, 0.1) is 0 Å². The molecule has 1 unspecified atom stereocenters. The Balaban J connectivity index is 3.08. The molecule has 0 saturated carbocycles. The van der Waals surface area contributed by atoms with E-state index < -0.39 is 5.97 Å². The molecule has 1 heterocycles. The number of Topliss-reactive ketones (excluding diaryl/α,β-unsaturated/α-hetero) is 1. The van der Waals surface area contributed by atoms with Crippen LogP contribution in [-0.4, -0.2) is 30.0 Å². The first-order chi connectivity index (χ1) is 8.51. The highest BCUT2D eigenvalue weighted by atomic mass is 32.1. The van der Waals surface area contributed by atoms with Gasteiger partial charge >= 0.3 is 5.97 Å². The lowest BCUT2D eigenvalue weighted by Gasteiger charge is -2.06. The van der Waals surface area contributed by atoms with Gasteiger partial charge in [0.15, 0.2) is 11.5 Å². The summed E-state index contributed by atoms with van der Waals surface area (Å²) in [5, 5.41) is 0.616. The topological polar surface area (TPSA) is 65.5 Å². The van der Waals surface area contributed by atoms with Gasteiger partial charge in [0.05, 0.1) is 6.61 Å². The van der Waals surface area contributed by atoms with Gasteiger partial charge in [-0.05, 0) is 20.8 Å². The number of hydrogen-bond acceptors (Lipinski definition) is 6. The molecular formula is C12H17NO4S. The third-order valence-electron chi connectivity index (χ3n) is 2.20. The molecule has 0 spiro atoms. The average molecular weight is 271 g/mol. The zero-order valence-corrected chi connectivity index (χ0v) is 11.8. The summed E-state index contributed by atoms with van der Waals surface area (Å²) >= 11 is 1.18. The Hall–Kier alpha value is -1.27. The Morgan fingerprint density at radius 1 is 1.33 bits per heavy atom. The minimum atomic E-state index is -0.561. The molecule has 1 aromatic rings. The van der Waals surface area contributed by atoms with E-state index in [4.69, 9.17) is 9.47 Å². The van der Waals surface area contributed by atoms with Crippen LogP contribution >= 0.6 is 11.3 Å². The van der Waals surface area contributed by atoms with Gasteiger partial charge in [0.25, 0.3) is 0 Å². The van der Waals surface area contributed by atoms with Crippen molar-refractivity contribution in [2.75, 3.05) is 13.2 Å². The first kappa shape index (κ1) is 14.8. The van der Waals surface area contributed by atoms with Crippen LogP contribution in [0.3, 0.4) is 0 Å². The molecule has 0 radical (unpaired) electrons. The van der Waals surface area contributed by atoms with E-state index in [1.165, 1.54) is 18.3 Å². The molecule has 0 fully saturated rings. The smallest absolute Gasteiger partial charge is 0.358 e. The van der Waals surface area contributed by atoms with Crippen molar-refractivity contribution in [2.45, 2.75) is 33.8 Å². The number of esters is 1. The molecule has 0 aliphatic heterocycles. The highest BCUT2D eigenvalue weighted by Crippen LogP contribution is 2.27. The lowest BCUT2D eigenvalue weighted by Crippen LogP contribution is -2.09. The van der Waals surface area contributed by atoms with E-state index in [0.29, 0.717) is 16.5 Å². The zero-order chi connectivity index (χ0) is 13.7. The molecule has 5 nitrogen and oxygen atoms in total. The summed E-state index contributed by atoms with van der Waals surface area (Å²) in [6, 6.07) is 0. The predicted molar refractivity (Wildman–Crippen MR) is 68.1 cm³/mol.